The summed E-state index contributed by atoms with van der Waals surface area (Å²) in [6, 6.07) is 10.7. The molecule has 2 rings (SSSR count). The SMILES string of the molecule is Cl.c1ccc(CN2CCCNC2)cc1. The molecule has 1 aliphatic rings. The minimum absolute atomic E-state index is 0. The zero-order valence-electron chi connectivity index (χ0n) is 8.28. The number of nitrogens with one attached hydrogen (secondary N) is 1. The predicted octanol–water partition coefficient (Wildman–Crippen LogP) is 1.86. The van der Waals surface area contributed by atoms with Crippen LogP contribution in [0, 0.1) is 0 Å². The van der Waals surface area contributed by atoms with Crippen molar-refractivity contribution in [3.63, 3.8) is 0 Å². The van der Waals surface area contributed by atoms with Crippen molar-refractivity contribution in [2.75, 3.05) is 19.8 Å². The van der Waals surface area contributed by atoms with Gasteiger partial charge in [-0.2, -0.15) is 0 Å². The Kier molecular flexibility index (Phi) is 4.94. The van der Waals surface area contributed by atoms with E-state index in [2.05, 4.69) is 40.5 Å². The Bertz CT molecular complexity index is 245. The lowest BCUT2D eigenvalue weighted by atomic mass is 10.2. The van der Waals surface area contributed by atoms with Gasteiger partial charge in [-0.3, -0.25) is 4.90 Å². The van der Waals surface area contributed by atoms with E-state index in [1.54, 1.807) is 0 Å². The fourth-order valence-electron chi connectivity index (χ4n) is 1.72. The monoisotopic (exact) mass is 212 g/mol. The first-order valence-corrected chi connectivity index (χ1v) is 4.92. The second kappa shape index (κ2) is 6.02. The molecule has 0 aromatic heterocycles. The molecule has 3 heteroatoms. The van der Waals surface area contributed by atoms with Gasteiger partial charge < -0.3 is 5.32 Å². The van der Waals surface area contributed by atoms with E-state index in [1.165, 1.54) is 25.1 Å². The van der Waals surface area contributed by atoms with E-state index >= 15 is 0 Å². The van der Waals surface area contributed by atoms with Crippen molar-refractivity contribution in [1.82, 2.24) is 10.2 Å². The standard InChI is InChI=1S/C11H16N2.ClH/c1-2-5-11(6-3-1)9-13-8-4-7-12-10-13;/h1-3,5-6,12H,4,7-10H2;1H. The third kappa shape index (κ3) is 3.29. The summed E-state index contributed by atoms with van der Waals surface area (Å²) in [7, 11) is 0. The maximum atomic E-state index is 3.38. The van der Waals surface area contributed by atoms with Crippen molar-refractivity contribution < 1.29 is 0 Å². The van der Waals surface area contributed by atoms with E-state index in [1.807, 2.05) is 0 Å². The van der Waals surface area contributed by atoms with Crippen LogP contribution >= 0.6 is 12.4 Å². The maximum absolute atomic E-state index is 3.38. The lowest BCUT2D eigenvalue weighted by Crippen LogP contribution is -2.40. The average molecular weight is 213 g/mol. The summed E-state index contributed by atoms with van der Waals surface area (Å²) in [6.07, 6.45) is 1.27. The molecule has 1 aromatic rings. The molecule has 1 heterocycles. The first-order valence-electron chi connectivity index (χ1n) is 4.92. The Hall–Kier alpha value is -0.570. The van der Waals surface area contributed by atoms with Crippen LogP contribution in [0.15, 0.2) is 30.3 Å². The van der Waals surface area contributed by atoms with Gasteiger partial charge >= 0.3 is 0 Å². The van der Waals surface area contributed by atoms with Crippen LogP contribution in [-0.4, -0.2) is 24.7 Å². The molecule has 78 valence electrons. The molecule has 1 aliphatic heterocycles. The summed E-state index contributed by atoms with van der Waals surface area (Å²) in [5.41, 5.74) is 1.41. The Morgan fingerprint density at radius 2 is 2.00 bits per heavy atom. The van der Waals surface area contributed by atoms with Crippen LogP contribution in [0.1, 0.15) is 12.0 Å². The highest BCUT2D eigenvalue weighted by molar-refractivity contribution is 5.85. The van der Waals surface area contributed by atoms with Crippen molar-refractivity contribution >= 4 is 12.4 Å². The third-order valence-corrected chi connectivity index (χ3v) is 2.41. The Morgan fingerprint density at radius 1 is 1.21 bits per heavy atom. The summed E-state index contributed by atoms with van der Waals surface area (Å²) in [5.74, 6) is 0. The van der Waals surface area contributed by atoms with E-state index in [-0.39, 0.29) is 12.4 Å². The average Bonchev–Trinajstić information content (AvgIpc) is 2.21. The highest BCUT2D eigenvalue weighted by Crippen LogP contribution is 2.05. The summed E-state index contributed by atoms with van der Waals surface area (Å²) < 4.78 is 0. The molecule has 0 atom stereocenters. The number of nitrogens with zero attached hydrogens (tertiary/aromatic N) is 1. The van der Waals surface area contributed by atoms with Crippen molar-refractivity contribution in [2.45, 2.75) is 13.0 Å². The van der Waals surface area contributed by atoms with Gasteiger partial charge in [0.15, 0.2) is 0 Å². The number of benzene rings is 1. The molecule has 0 bridgehead atoms. The fourth-order valence-corrected chi connectivity index (χ4v) is 1.72. The van der Waals surface area contributed by atoms with E-state index < -0.39 is 0 Å². The summed E-state index contributed by atoms with van der Waals surface area (Å²) in [5, 5.41) is 3.38. The van der Waals surface area contributed by atoms with Gasteiger partial charge in [0.05, 0.1) is 0 Å². The molecular weight excluding hydrogens is 196 g/mol. The topological polar surface area (TPSA) is 15.3 Å². The van der Waals surface area contributed by atoms with Crippen LogP contribution in [0.2, 0.25) is 0 Å². The van der Waals surface area contributed by atoms with E-state index in [0.717, 1.165) is 13.2 Å². The maximum Gasteiger partial charge on any atom is 0.0483 e. The summed E-state index contributed by atoms with van der Waals surface area (Å²) in [4.78, 5) is 2.44. The number of rotatable bonds is 2. The number of halogens is 1. The van der Waals surface area contributed by atoms with Crippen LogP contribution in [0.3, 0.4) is 0 Å². The minimum atomic E-state index is 0. The van der Waals surface area contributed by atoms with Gasteiger partial charge in [0, 0.05) is 19.8 Å². The number of hydrogen-bond acceptors (Lipinski definition) is 2. The van der Waals surface area contributed by atoms with Gasteiger partial charge in [0.25, 0.3) is 0 Å². The molecule has 0 unspecified atom stereocenters. The molecule has 1 saturated heterocycles. The second-order valence-corrected chi connectivity index (χ2v) is 3.55. The molecule has 0 saturated carbocycles. The van der Waals surface area contributed by atoms with Gasteiger partial charge in [-0.05, 0) is 18.5 Å². The van der Waals surface area contributed by atoms with E-state index in [9.17, 15) is 0 Å². The molecule has 2 nitrogen and oxygen atoms in total. The molecular formula is C11H17ClN2. The molecule has 0 radical (unpaired) electrons. The summed E-state index contributed by atoms with van der Waals surface area (Å²) >= 11 is 0. The molecule has 14 heavy (non-hydrogen) atoms. The largest absolute Gasteiger partial charge is 0.304 e. The van der Waals surface area contributed by atoms with Crippen molar-refractivity contribution in [1.29, 1.82) is 0 Å². The molecule has 0 aliphatic carbocycles. The molecule has 1 aromatic carbocycles. The first kappa shape index (κ1) is 11.5. The van der Waals surface area contributed by atoms with Crippen LogP contribution < -0.4 is 5.32 Å². The number of hydrogen-bond donors (Lipinski definition) is 1. The van der Waals surface area contributed by atoms with Crippen LogP contribution in [0.5, 0.6) is 0 Å². The summed E-state index contributed by atoms with van der Waals surface area (Å²) in [6.45, 7) is 4.51. The van der Waals surface area contributed by atoms with Crippen molar-refractivity contribution in [3.05, 3.63) is 35.9 Å². The Labute approximate surface area is 91.7 Å². The second-order valence-electron chi connectivity index (χ2n) is 3.55. The van der Waals surface area contributed by atoms with Gasteiger partial charge in [-0.1, -0.05) is 30.3 Å². The van der Waals surface area contributed by atoms with Crippen LogP contribution in [-0.2, 0) is 6.54 Å². The molecule has 0 spiro atoms. The van der Waals surface area contributed by atoms with Gasteiger partial charge in [0.1, 0.15) is 0 Å². The lowest BCUT2D eigenvalue weighted by molar-refractivity contribution is 0.208. The Morgan fingerprint density at radius 3 is 2.64 bits per heavy atom. The predicted molar refractivity (Wildman–Crippen MR) is 61.6 cm³/mol. The van der Waals surface area contributed by atoms with E-state index in [0.29, 0.717) is 0 Å². The Balaban J connectivity index is 0.000000980. The van der Waals surface area contributed by atoms with Crippen LogP contribution in [0.4, 0.5) is 0 Å². The molecule has 1 N–H and O–H groups in total. The zero-order chi connectivity index (χ0) is 8.93. The van der Waals surface area contributed by atoms with E-state index in [4.69, 9.17) is 0 Å². The third-order valence-electron chi connectivity index (χ3n) is 2.41. The van der Waals surface area contributed by atoms with Crippen molar-refractivity contribution in [3.8, 4) is 0 Å². The minimum Gasteiger partial charge on any atom is -0.304 e. The van der Waals surface area contributed by atoms with Gasteiger partial charge in [-0.15, -0.1) is 12.4 Å². The normalized spacial score (nSPS) is 17.4. The lowest BCUT2D eigenvalue weighted by Gasteiger charge is -2.27. The molecule has 1 fully saturated rings. The fraction of sp³-hybridized carbons (Fsp3) is 0.455. The van der Waals surface area contributed by atoms with Crippen LogP contribution in [0.25, 0.3) is 0 Å². The first-order chi connectivity index (χ1) is 6.45. The quantitative estimate of drug-likeness (QED) is 0.805. The van der Waals surface area contributed by atoms with Gasteiger partial charge in [0.2, 0.25) is 0 Å². The smallest absolute Gasteiger partial charge is 0.0483 e. The molecule has 0 amide bonds. The highest BCUT2D eigenvalue weighted by atomic mass is 35.5. The van der Waals surface area contributed by atoms with Gasteiger partial charge in [-0.25, -0.2) is 0 Å². The zero-order valence-corrected chi connectivity index (χ0v) is 9.09. The van der Waals surface area contributed by atoms with Crippen molar-refractivity contribution in [2.24, 2.45) is 0 Å². The highest BCUT2D eigenvalue weighted by Gasteiger charge is 2.08.